The predicted molar refractivity (Wildman–Crippen MR) is 88.4 cm³/mol. The number of rotatable bonds is 2. The molecule has 0 saturated heterocycles. The summed E-state index contributed by atoms with van der Waals surface area (Å²) >= 11 is 0. The lowest BCUT2D eigenvalue weighted by Crippen LogP contribution is -2.20. The molecule has 1 aliphatic heterocycles. The average Bonchev–Trinajstić information content (AvgIpc) is 2.90. The molecule has 0 fully saturated rings. The number of anilines is 1. The first-order valence-electron chi connectivity index (χ1n) is 7.57. The number of hydrogen-bond donors (Lipinski definition) is 0. The van der Waals surface area contributed by atoms with Gasteiger partial charge < -0.3 is 9.32 Å². The Hall–Kier alpha value is -2.55. The van der Waals surface area contributed by atoms with Crippen LogP contribution >= 0.6 is 0 Å². The molecule has 0 N–H and O–H groups in total. The highest BCUT2D eigenvalue weighted by Crippen LogP contribution is 2.30. The van der Waals surface area contributed by atoms with Gasteiger partial charge in [0, 0.05) is 30.2 Å². The third-order valence-corrected chi connectivity index (χ3v) is 4.33. The maximum atomic E-state index is 11.8. The van der Waals surface area contributed by atoms with Crippen LogP contribution in [0.3, 0.4) is 0 Å². The number of aryl methyl sites for hydroxylation is 1. The molecule has 4 rings (SSSR count). The average molecular weight is 291 g/mol. The SMILES string of the molecule is Cc1ccc2c(CN3CCc4ccccc43)cc(=O)oc2c1. The van der Waals surface area contributed by atoms with Crippen molar-refractivity contribution in [1.29, 1.82) is 0 Å². The molecule has 2 heterocycles. The Morgan fingerprint density at radius 2 is 2.00 bits per heavy atom. The summed E-state index contributed by atoms with van der Waals surface area (Å²) in [7, 11) is 0. The molecule has 0 spiro atoms. The number of benzene rings is 2. The molecule has 1 aromatic heterocycles. The second kappa shape index (κ2) is 5.02. The molecule has 110 valence electrons. The van der Waals surface area contributed by atoms with E-state index >= 15 is 0 Å². The van der Waals surface area contributed by atoms with Gasteiger partial charge in [-0.25, -0.2) is 4.79 Å². The van der Waals surface area contributed by atoms with E-state index in [0.29, 0.717) is 5.58 Å². The van der Waals surface area contributed by atoms with E-state index in [0.717, 1.165) is 36.0 Å². The van der Waals surface area contributed by atoms with Gasteiger partial charge in [0.2, 0.25) is 0 Å². The van der Waals surface area contributed by atoms with Crippen LogP contribution in [0.5, 0.6) is 0 Å². The fourth-order valence-corrected chi connectivity index (χ4v) is 3.24. The van der Waals surface area contributed by atoms with E-state index in [1.54, 1.807) is 6.07 Å². The van der Waals surface area contributed by atoms with Gasteiger partial charge in [0.05, 0.1) is 0 Å². The van der Waals surface area contributed by atoms with Crippen molar-refractivity contribution in [2.75, 3.05) is 11.4 Å². The zero-order valence-corrected chi connectivity index (χ0v) is 12.5. The molecule has 0 amide bonds. The first kappa shape index (κ1) is 13.1. The van der Waals surface area contributed by atoms with Crippen LogP contribution in [0, 0.1) is 6.92 Å². The molecule has 0 unspecified atom stereocenters. The lowest BCUT2D eigenvalue weighted by molar-refractivity contribution is 0.558. The maximum absolute atomic E-state index is 11.8. The van der Waals surface area contributed by atoms with Crippen LogP contribution in [0.4, 0.5) is 5.69 Å². The van der Waals surface area contributed by atoms with E-state index in [2.05, 4.69) is 35.2 Å². The van der Waals surface area contributed by atoms with Crippen LogP contribution in [-0.4, -0.2) is 6.54 Å². The van der Waals surface area contributed by atoms with Crippen LogP contribution in [-0.2, 0) is 13.0 Å². The molecular weight excluding hydrogens is 274 g/mol. The van der Waals surface area contributed by atoms with Gasteiger partial charge in [-0.3, -0.25) is 0 Å². The molecule has 0 radical (unpaired) electrons. The van der Waals surface area contributed by atoms with Crippen molar-refractivity contribution in [1.82, 2.24) is 0 Å². The largest absolute Gasteiger partial charge is 0.423 e. The summed E-state index contributed by atoms with van der Waals surface area (Å²) in [6, 6.07) is 16.1. The van der Waals surface area contributed by atoms with Crippen LogP contribution in [0.25, 0.3) is 11.0 Å². The third-order valence-electron chi connectivity index (χ3n) is 4.33. The molecule has 0 aliphatic carbocycles. The highest BCUT2D eigenvalue weighted by Gasteiger charge is 2.19. The summed E-state index contributed by atoms with van der Waals surface area (Å²) in [4.78, 5) is 14.2. The molecule has 0 bridgehead atoms. The number of fused-ring (bicyclic) bond motifs is 2. The minimum Gasteiger partial charge on any atom is -0.423 e. The summed E-state index contributed by atoms with van der Waals surface area (Å²) < 4.78 is 5.34. The molecule has 2 aromatic carbocycles. The van der Waals surface area contributed by atoms with Gasteiger partial charge in [-0.2, -0.15) is 0 Å². The van der Waals surface area contributed by atoms with Gasteiger partial charge in [-0.05, 0) is 42.2 Å². The molecule has 3 aromatic rings. The number of nitrogens with zero attached hydrogens (tertiary/aromatic N) is 1. The standard InChI is InChI=1S/C19H17NO2/c1-13-6-7-16-15(11-19(21)22-18(16)10-13)12-20-9-8-14-4-2-3-5-17(14)20/h2-7,10-11H,8-9,12H2,1H3. The predicted octanol–water partition coefficient (Wildman–Crippen LogP) is 3.66. The van der Waals surface area contributed by atoms with Crippen molar-refractivity contribution in [3.05, 3.63) is 75.6 Å². The number of hydrogen-bond acceptors (Lipinski definition) is 3. The van der Waals surface area contributed by atoms with Crippen LogP contribution in [0.15, 0.2) is 57.7 Å². The summed E-state index contributed by atoms with van der Waals surface area (Å²) in [6.07, 6.45) is 1.06. The second-order valence-corrected chi connectivity index (χ2v) is 5.89. The number of para-hydroxylation sites is 1. The molecule has 0 saturated carbocycles. The maximum Gasteiger partial charge on any atom is 0.336 e. The fourth-order valence-electron chi connectivity index (χ4n) is 3.24. The van der Waals surface area contributed by atoms with Crippen molar-refractivity contribution in [2.24, 2.45) is 0 Å². The van der Waals surface area contributed by atoms with Crippen LogP contribution in [0.2, 0.25) is 0 Å². The topological polar surface area (TPSA) is 33.5 Å². The van der Waals surface area contributed by atoms with Crippen molar-refractivity contribution in [3.63, 3.8) is 0 Å². The smallest absolute Gasteiger partial charge is 0.336 e. The Balaban J connectivity index is 1.78. The molecule has 3 heteroatoms. The highest BCUT2D eigenvalue weighted by atomic mass is 16.4. The van der Waals surface area contributed by atoms with E-state index in [4.69, 9.17) is 4.42 Å². The summed E-state index contributed by atoms with van der Waals surface area (Å²) in [6.45, 7) is 3.73. The Morgan fingerprint density at radius 3 is 2.91 bits per heavy atom. The van der Waals surface area contributed by atoms with Gasteiger partial charge in [0.1, 0.15) is 5.58 Å². The zero-order valence-electron chi connectivity index (χ0n) is 12.5. The van der Waals surface area contributed by atoms with Gasteiger partial charge >= 0.3 is 5.63 Å². The minimum atomic E-state index is -0.277. The molecule has 22 heavy (non-hydrogen) atoms. The van der Waals surface area contributed by atoms with Gasteiger partial charge in [0.25, 0.3) is 0 Å². The second-order valence-electron chi connectivity index (χ2n) is 5.89. The normalized spacial score (nSPS) is 13.6. The van der Waals surface area contributed by atoms with E-state index in [-0.39, 0.29) is 5.63 Å². The van der Waals surface area contributed by atoms with E-state index < -0.39 is 0 Å². The Morgan fingerprint density at radius 1 is 1.14 bits per heavy atom. The van der Waals surface area contributed by atoms with Crippen molar-refractivity contribution in [2.45, 2.75) is 19.9 Å². The first-order chi connectivity index (χ1) is 10.7. The Bertz CT molecular complexity index is 911. The minimum absolute atomic E-state index is 0.277. The van der Waals surface area contributed by atoms with Gasteiger partial charge in [-0.15, -0.1) is 0 Å². The highest BCUT2D eigenvalue weighted by molar-refractivity contribution is 5.81. The van der Waals surface area contributed by atoms with E-state index in [1.807, 2.05) is 19.1 Å². The Labute approximate surface area is 128 Å². The van der Waals surface area contributed by atoms with Crippen molar-refractivity contribution >= 4 is 16.7 Å². The Kier molecular flexibility index (Phi) is 3.00. The molecule has 0 atom stereocenters. The van der Waals surface area contributed by atoms with Gasteiger partial charge in [0.15, 0.2) is 0 Å². The lowest BCUT2D eigenvalue weighted by Gasteiger charge is -2.20. The third kappa shape index (κ3) is 2.19. The van der Waals surface area contributed by atoms with Crippen LogP contribution < -0.4 is 10.5 Å². The zero-order chi connectivity index (χ0) is 15.1. The fraction of sp³-hybridized carbons (Fsp3) is 0.211. The van der Waals surface area contributed by atoms with Crippen molar-refractivity contribution < 1.29 is 4.42 Å². The summed E-state index contributed by atoms with van der Waals surface area (Å²) in [5.41, 5.74) is 5.18. The quantitative estimate of drug-likeness (QED) is 0.676. The van der Waals surface area contributed by atoms with Crippen molar-refractivity contribution in [3.8, 4) is 0 Å². The summed E-state index contributed by atoms with van der Waals surface area (Å²) in [5.74, 6) is 0. The first-order valence-corrected chi connectivity index (χ1v) is 7.57. The molecule has 3 nitrogen and oxygen atoms in total. The lowest BCUT2D eigenvalue weighted by atomic mass is 10.1. The molecule has 1 aliphatic rings. The van der Waals surface area contributed by atoms with Crippen LogP contribution in [0.1, 0.15) is 16.7 Å². The monoisotopic (exact) mass is 291 g/mol. The molecular formula is C19H17NO2. The summed E-state index contributed by atoms with van der Waals surface area (Å²) in [5, 5.41) is 1.02. The van der Waals surface area contributed by atoms with Gasteiger partial charge in [-0.1, -0.05) is 30.3 Å². The van der Waals surface area contributed by atoms with E-state index in [1.165, 1.54) is 11.3 Å². The van der Waals surface area contributed by atoms with E-state index in [9.17, 15) is 4.79 Å².